The number of hydrogen-bond donors (Lipinski definition) is 2. The highest BCUT2D eigenvalue weighted by Gasteiger charge is 2.37. The van der Waals surface area contributed by atoms with Crippen LogP contribution in [0.15, 0.2) is 30.3 Å². The second kappa shape index (κ2) is 5.33. The van der Waals surface area contributed by atoms with E-state index >= 15 is 0 Å². The quantitative estimate of drug-likeness (QED) is 0.869. The molecule has 2 aliphatic carbocycles. The molecule has 1 aromatic carbocycles. The lowest BCUT2D eigenvalue weighted by atomic mass is 9.75. The summed E-state index contributed by atoms with van der Waals surface area (Å²) in [5.41, 5.74) is 6.91. The maximum atomic E-state index is 11.4. The van der Waals surface area contributed by atoms with Gasteiger partial charge in [-0.3, -0.25) is 4.79 Å². The Labute approximate surface area is 114 Å². The van der Waals surface area contributed by atoms with Crippen molar-refractivity contribution < 1.29 is 4.79 Å². The lowest BCUT2D eigenvalue weighted by Gasteiger charge is -2.39. The van der Waals surface area contributed by atoms with Gasteiger partial charge >= 0.3 is 0 Å². The molecule has 0 radical (unpaired) electrons. The van der Waals surface area contributed by atoms with Crippen LogP contribution < -0.4 is 11.1 Å². The molecule has 1 amide bonds. The van der Waals surface area contributed by atoms with Crippen molar-refractivity contribution in [3.8, 4) is 0 Å². The maximum Gasteiger partial charge on any atom is 0.222 e. The molecule has 2 aliphatic rings. The van der Waals surface area contributed by atoms with E-state index in [9.17, 15) is 4.79 Å². The first-order valence-corrected chi connectivity index (χ1v) is 7.34. The van der Waals surface area contributed by atoms with Gasteiger partial charge in [0.2, 0.25) is 5.91 Å². The molecule has 0 spiro atoms. The zero-order valence-electron chi connectivity index (χ0n) is 11.2. The topological polar surface area (TPSA) is 55.1 Å². The summed E-state index contributed by atoms with van der Waals surface area (Å²) in [6, 6.07) is 11.6. The van der Waals surface area contributed by atoms with Gasteiger partial charge in [-0.05, 0) is 37.2 Å². The van der Waals surface area contributed by atoms with Crippen LogP contribution >= 0.6 is 0 Å². The third kappa shape index (κ3) is 2.66. The third-order valence-corrected chi connectivity index (χ3v) is 4.74. The Morgan fingerprint density at radius 3 is 2.58 bits per heavy atom. The van der Waals surface area contributed by atoms with E-state index in [0.717, 1.165) is 19.3 Å². The fraction of sp³-hybridized carbons (Fsp3) is 0.562. The van der Waals surface area contributed by atoms with Gasteiger partial charge in [-0.15, -0.1) is 0 Å². The average molecular weight is 258 g/mol. The van der Waals surface area contributed by atoms with E-state index in [1.54, 1.807) is 0 Å². The first-order valence-electron chi connectivity index (χ1n) is 7.34. The molecule has 3 N–H and O–H groups in total. The van der Waals surface area contributed by atoms with E-state index in [4.69, 9.17) is 5.73 Å². The van der Waals surface area contributed by atoms with Crippen molar-refractivity contribution in [3.05, 3.63) is 35.9 Å². The van der Waals surface area contributed by atoms with Crippen LogP contribution in [0.1, 0.15) is 43.6 Å². The van der Waals surface area contributed by atoms with Crippen LogP contribution in [0.5, 0.6) is 0 Å². The summed E-state index contributed by atoms with van der Waals surface area (Å²) in [4.78, 5) is 11.4. The van der Waals surface area contributed by atoms with E-state index in [1.165, 1.54) is 18.4 Å². The van der Waals surface area contributed by atoms with Gasteiger partial charge in [0.15, 0.2) is 0 Å². The highest BCUT2D eigenvalue weighted by Crippen LogP contribution is 2.38. The van der Waals surface area contributed by atoms with E-state index in [1.807, 2.05) is 0 Å². The summed E-state index contributed by atoms with van der Waals surface area (Å²) < 4.78 is 0. The zero-order valence-corrected chi connectivity index (χ0v) is 11.2. The fourth-order valence-electron chi connectivity index (χ4n) is 3.55. The van der Waals surface area contributed by atoms with Crippen molar-refractivity contribution in [2.45, 2.75) is 50.1 Å². The van der Waals surface area contributed by atoms with E-state index in [2.05, 4.69) is 35.6 Å². The SMILES string of the molecule is NC(=O)C1CCCC1NC1CC(c2ccccc2)C1. The molecule has 1 aromatic rings. The molecular formula is C16H22N2O. The zero-order chi connectivity index (χ0) is 13.2. The minimum absolute atomic E-state index is 0.0516. The summed E-state index contributed by atoms with van der Waals surface area (Å²) >= 11 is 0. The molecule has 2 fully saturated rings. The highest BCUT2D eigenvalue weighted by atomic mass is 16.1. The van der Waals surface area contributed by atoms with Crippen molar-refractivity contribution in [2.24, 2.45) is 11.7 Å². The molecule has 3 heteroatoms. The standard InChI is InChI=1S/C16H22N2O/c17-16(19)14-7-4-8-15(14)18-13-9-12(10-13)11-5-2-1-3-6-11/h1-3,5-6,12-15,18H,4,7-10H2,(H2,17,19). The van der Waals surface area contributed by atoms with Gasteiger partial charge in [-0.25, -0.2) is 0 Å². The molecule has 2 unspecified atom stereocenters. The maximum absolute atomic E-state index is 11.4. The Morgan fingerprint density at radius 1 is 1.16 bits per heavy atom. The second-order valence-corrected chi connectivity index (χ2v) is 5.99. The fourth-order valence-corrected chi connectivity index (χ4v) is 3.55. The molecule has 19 heavy (non-hydrogen) atoms. The lowest BCUT2D eigenvalue weighted by Crippen LogP contribution is -2.49. The van der Waals surface area contributed by atoms with Crippen LogP contribution in [0.4, 0.5) is 0 Å². The molecule has 0 aliphatic heterocycles. The summed E-state index contributed by atoms with van der Waals surface area (Å²) in [5.74, 6) is 0.608. The summed E-state index contributed by atoms with van der Waals surface area (Å²) in [7, 11) is 0. The van der Waals surface area contributed by atoms with Crippen LogP contribution in [0.25, 0.3) is 0 Å². The molecule has 102 valence electrons. The number of primary amides is 1. The normalized spacial score (nSPS) is 33.9. The molecule has 2 saturated carbocycles. The van der Waals surface area contributed by atoms with Crippen molar-refractivity contribution in [2.75, 3.05) is 0 Å². The molecule has 3 rings (SSSR count). The van der Waals surface area contributed by atoms with E-state index in [-0.39, 0.29) is 11.8 Å². The molecule has 0 saturated heterocycles. The van der Waals surface area contributed by atoms with E-state index in [0.29, 0.717) is 18.0 Å². The Bertz CT molecular complexity index is 439. The summed E-state index contributed by atoms with van der Waals surface area (Å²) in [5, 5.41) is 3.65. The minimum Gasteiger partial charge on any atom is -0.369 e. The van der Waals surface area contributed by atoms with Gasteiger partial charge < -0.3 is 11.1 Å². The monoisotopic (exact) mass is 258 g/mol. The number of amides is 1. The van der Waals surface area contributed by atoms with Crippen LogP contribution in [0.2, 0.25) is 0 Å². The van der Waals surface area contributed by atoms with Gasteiger partial charge in [-0.1, -0.05) is 36.8 Å². The van der Waals surface area contributed by atoms with Crippen LogP contribution in [-0.2, 0) is 4.79 Å². The van der Waals surface area contributed by atoms with Gasteiger partial charge in [0.25, 0.3) is 0 Å². The smallest absolute Gasteiger partial charge is 0.222 e. The second-order valence-electron chi connectivity index (χ2n) is 5.99. The number of hydrogen-bond acceptors (Lipinski definition) is 2. The van der Waals surface area contributed by atoms with Crippen molar-refractivity contribution in [1.82, 2.24) is 5.32 Å². The first-order chi connectivity index (χ1) is 9.24. The Hall–Kier alpha value is -1.35. The number of nitrogens with one attached hydrogen (secondary N) is 1. The molecule has 0 heterocycles. The van der Waals surface area contributed by atoms with Crippen LogP contribution in [0.3, 0.4) is 0 Å². The third-order valence-electron chi connectivity index (χ3n) is 4.74. The average Bonchev–Trinajstić information content (AvgIpc) is 2.82. The van der Waals surface area contributed by atoms with Gasteiger partial charge in [0.1, 0.15) is 0 Å². The number of carbonyl (C=O) groups excluding carboxylic acids is 1. The lowest BCUT2D eigenvalue weighted by molar-refractivity contribution is -0.122. The summed E-state index contributed by atoms with van der Waals surface area (Å²) in [6.07, 6.45) is 5.56. The molecule has 0 aromatic heterocycles. The number of benzene rings is 1. The Morgan fingerprint density at radius 2 is 1.89 bits per heavy atom. The Balaban J connectivity index is 1.50. The summed E-state index contributed by atoms with van der Waals surface area (Å²) in [6.45, 7) is 0. The first kappa shape index (κ1) is 12.7. The predicted octanol–water partition coefficient (Wildman–Crippen LogP) is 2.18. The minimum atomic E-state index is -0.131. The van der Waals surface area contributed by atoms with Gasteiger partial charge in [0.05, 0.1) is 5.92 Å². The van der Waals surface area contributed by atoms with Gasteiger partial charge in [-0.2, -0.15) is 0 Å². The number of rotatable bonds is 4. The Kier molecular flexibility index (Phi) is 3.56. The van der Waals surface area contributed by atoms with Crippen molar-refractivity contribution in [3.63, 3.8) is 0 Å². The van der Waals surface area contributed by atoms with Gasteiger partial charge in [0, 0.05) is 12.1 Å². The number of carbonyl (C=O) groups is 1. The van der Waals surface area contributed by atoms with Crippen molar-refractivity contribution in [1.29, 1.82) is 0 Å². The molecule has 2 atom stereocenters. The molecule has 0 bridgehead atoms. The van der Waals surface area contributed by atoms with Crippen LogP contribution in [-0.4, -0.2) is 18.0 Å². The molecule has 3 nitrogen and oxygen atoms in total. The van der Waals surface area contributed by atoms with Crippen LogP contribution in [0, 0.1) is 5.92 Å². The largest absolute Gasteiger partial charge is 0.369 e. The highest BCUT2D eigenvalue weighted by molar-refractivity contribution is 5.77. The predicted molar refractivity (Wildman–Crippen MR) is 75.7 cm³/mol. The number of nitrogens with two attached hydrogens (primary N) is 1. The van der Waals surface area contributed by atoms with Crippen molar-refractivity contribution >= 4 is 5.91 Å². The molecular weight excluding hydrogens is 236 g/mol. The van der Waals surface area contributed by atoms with E-state index < -0.39 is 0 Å².